The van der Waals surface area contributed by atoms with E-state index in [0.29, 0.717) is 6.29 Å². The van der Waals surface area contributed by atoms with E-state index in [-0.39, 0.29) is 24.6 Å². The number of carbonyl (C=O) groups is 2. The molecule has 0 fully saturated rings. The van der Waals surface area contributed by atoms with Crippen LogP contribution in [0.4, 0.5) is 15.8 Å². The summed E-state index contributed by atoms with van der Waals surface area (Å²) in [4.78, 5) is 32.7. The summed E-state index contributed by atoms with van der Waals surface area (Å²) in [5.74, 6) is -1.57. The topological polar surface area (TPSA) is 89.8 Å². The van der Waals surface area contributed by atoms with Crippen molar-refractivity contribution in [2.75, 3.05) is 18.1 Å². The van der Waals surface area contributed by atoms with E-state index >= 15 is 0 Å². The highest BCUT2D eigenvalue weighted by atomic mass is 19.1. The van der Waals surface area contributed by atoms with Gasteiger partial charge >= 0.3 is 5.69 Å². The van der Waals surface area contributed by atoms with Crippen LogP contribution in [-0.4, -0.2) is 30.3 Å². The number of anilines is 1. The minimum absolute atomic E-state index is 0.000417. The molecule has 1 aliphatic heterocycles. The average molecular weight is 254 g/mol. The molecule has 0 unspecified atom stereocenters. The van der Waals surface area contributed by atoms with E-state index in [1.165, 1.54) is 0 Å². The van der Waals surface area contributed by atoms with Gasteiger partial charge in [-0.2, -0.15) is 4.39 Å². The number of nitro groups is 1. The summed E-state index contributed by atoms with van der Waals surface area (Å²) >= 11 is 0. The highest BCUT2D eigenvalue weighted by Gasteiger charge is 2.29. The van der Waals surface area contributed by atoms with Crippen molar-refractivity contribution in [3.63, 3.8) is 0 Å². The van der Waals surface area contributed by atoms with Gasteiger partial charge in [-0.1, -0.05) is 0 Å². The number of fused-ring (bicyclic) bond motifs is 1. The lowest BCUT2D eigenvalue weighted by molar-refractivity contribution is -0.387. The summed E-state index contributed by atoms with van der Waals surface area (Å²) in [6.07, 6.45) is 0.474. The smallest absolute Gasteiger partial charge is 0.307 e. The third-order valence-corrected chi connectivity index (χ3v) is 2.43. The predicted molar refractivity (Wildman–Crippen MR) is 57.0 cm³/mol. The fraction of sp³-hybridized carbons (Fsp3) is 0.200. The van der Waals surface area contributed by atoms with Crippen molar-refractivity contribution in [1.29, 1.82) is 0 Å². The van der Waals surface area contributed by atoms with E-state index in [4.69, 9.17) is 4.74 Å². The minimum Gasteiger partial charge on any atom is -0.481 e. The van der Waals surface area contributed by atoms with E-state index in [9.17, 15) is 24.1 Å². The van der Waals surface area contributed by atoms with Gasteiger partial charge in [0.15, 0.2) is 6.61 Å². The number of amides is 1. The summed E-state index contributed by atoms with van der Waals surface area (Å²) in [6, 6.07) is 1.71. The summed E-state index contributed by atoms with van der Waals surface area (Å²) in [7, 11) is 0. The number of benzene rings is 1. The van der Waals surface area contributed by atoms with Crippen LogP contribution in [0.15, 0.2) is 12.1 Å². The zero-order valence-corrected chi connectivity index (χ0v) is 8.96. The van der Waals surface area contributed by atoms with Crippen molar-refractivity contribution in [3.8, 4) is 5.75 Å². The second-order valence-corrected chi connectivity index (χ2v) is 3.49. The number of hydrogen-bond acceptors (Lipinski definition) is 5. The molecular weight excluding hydrogens is 247 g/mol. The molecule has 0 saturated carbocycles. The molecular formula is C10H7FN2O5. The molecule has 7 nitrogen and oxygen atoms in total. The predicted octanol–water partition coefficient (Wildman–Crippen LogP) is 0.658. The Hall–Kier alpha value is -2.51. The number of nitro benzene ring substituents is 1. The Morgan fingerprint density at radius 3 is 2.89 bits per heavy atom. The van der Waals surface area contributed by atoms with Crippen LogP contribution in [0.2, 0.25) is 0 Å². The highest BCUT2D eigenvalue weighted by molar-refractivity contribution is 6.00. The summed E-state index contributed by atoms with van der Waals surface area (Å²) < 4.78 is 18.3. The van der Waals surface area contributed by atoms with Crippen LogP contribution in [0.3, 0.4) is 0 Å². The molecule has 1 aromatic rings. The third kappa shape index (κ3) is 1.88. The Morgan fingerprint density at radius 2 is 2.28 bits per heavy atom. The minimum atomic E-state index is -1.06. The average Bonchev–Trinajstić information content (AvgIpc) is 2.32. The van der Waals surface area contributed by atoms with Crippen LogP contribution >= 0.6 is 0 Å². The van der Waals surface area contributed by atoms with Gasteiger partial charge in [0, 0.05) is 12.1 Å². The molecule has 1 heterocycles. The second-order valence-electron chi connectivity index (χ2n) is 3.49. The molecule has 0 bridgehead atoms. The summed E-state index contributed by atoms with van der Waals surface area (Å²) in [5.41, 5.74) is -0.755. The Labute approximate surface area is 99.9 Å². The number of nitrogens with zero attached hydrogens (tertiary/aromatic N) is 2. The van der Waals surface area contributed by atoms with E-state index in [0.717, 1.165) is 17.0 Å². The molecule has 2 rings (SSSR count). The Balaban J connectivity index is 2.55. The van der Waals surface area contributed by atoms with Crippen LogP contribution in [-0.2, 0) is 9.59 Å². The van der Waals surface area contributed by atoms with Gasteiger partial charge in [0.05, 0.1) is 17.2 Å². The van der Waals surface area contributed by atoms with Gasteiger partial charge in [-0.3, -0.25) is 19.8 Å². The van der Waals surface area contributed by atoms with Gasteiger partial charge in [-0.25, -0.2) is 0 Å². The van der Waals surface area contributed by atoms with Crippen LogP contribution in [0.1, 0.15) is 0 Å². The number of ether oxygens (including phenoxy) is 1. The Bertz CT molecular complexity index is 545. The van der Waals surface area contributed by atoms with Gasteiger partial charge in [-0.15, -0.1) is 0 Å². The van der Waals surface area contributed by atoms with Gasteiger partial charge in [0.2, 0.25) is 5.82 Å². The van der Waals surface area contributed by atoms with Gasteiger partial charge in [-0.05, 0) is 0 Å². The zero-order valence-electron chi connectivity index (χ0n) is 8.96. The fourth-order valence-corrected chi connectivity index (χ4v) is 1.63. The van der Waals surface area contributed by atoms with Gasteiger partial charge in [0.25, 0.3) is 5.91 Å². The van der Waals surface area contributed by atoms with Crippen LogP contribution < -0.4 is 9.64 Å². The standard InChI is InChI=1S/C10H7FN2O5/c11-6-3-9-8(4-7(6)13(16)17)12(1-2-14)10(15)5-18-9/h2-4H,1,5H2. The lowest BCUT2D eigenvalue weighted by Gasteiger charge is -2.27. The van der Waals surface area contributed by atoms with Crippen LogP contribution in [0.25, 0.3) is 0 Å². The molecule has 0 saturated heterocycles. The van der Waals surface area contributed by atoms with Crippen molar-refractivity contribution in [3.05, 3.63) is 28.1 Å². The maximum Gasteiger partial charge on any atom is 0.307 e. The molecule has 0 aromatic heterocycles. The molecule has 8 heteroatoms. The van der Waals surface area contributed by atoms with Crippen molar-refractivity contribution in [2.45, 2.75) is 0 Å². The van der Waals surface area contributed by atoms with Crippen molar-refractivity contribution in [1.82, 2.24) is 0 Å². The van der Waals surface area contributed by atoms with Crippen molar-refractivity contribution < 1.29 is 23.6 Å². The molecule has 1 aliphatic rings. The first kappa shape index (κ1) is 12.0. The number of hydrogen-bond donors (Lipinski definition) is 0. The molecule has 0 spiro atoms. The number of aldehydes is 1. The molecule has 94 valence electrons. The number of carbonyl (C=O) groups excluding carboxylic acids is 2. The highest BCUT2D eigenvalue weighted by Crippen LogP contribution is 2.36. The summed E-state index contributed by atoms with van der Waals surface area (Å²) in [5, 5.41) is 10.6. The molecule has 18 heavy (non-hydrogen) atoms. The maximum atomic E-state index is 13.3. The van der Waals surface area contributed by atoms with E-state index in [1.54, 1.807) is 0 Å². The Kier molecular flexibility index (Phi) is 2.92. The zero-order chi connectivity index (χ0) is 13.3. The molecule has 0 atom stereocenters. The number of rotatable bonds is 3. The quantitative estimate of drug-likeness (QED) is 0.449. The van der Waals surface area contributed by atoms with Gasteiger partial charge in [0.1, 0.15) is 12.0 Å². The van der Waals surface area contributed by atoms with Crippen molar-refractivity contribution >= 4 is 23.6 Å². The van der Waals surface area contributed by atoms with E-state index in [1.807, 2.05) is 0 Å². The molecule has 0 radical (unpaired) electrons. The molecule has 1 aromatic carbocycles. The first-order valence-electron chi connectivity index (χ1n) is 4.89. The number of halogens is 1. The van der Waals surface area contributed by atoms with Crippen LogP contribution in [0, 0.1) is 15.9 Å². The molecule has 1 amide bonds. The summed E-state index contributed by atoms with van der Waals surface area (Å²) in [6.45, 7) is -0.601. The first-order valence-corrected chi connectivity index (χ1v) is 4.89. The fourth-order valence-electron chi connectivity index (χ4n) is 1.63. The largest absolute Gasteiger partial charge is 0.481 e. The SMILES string of the molecule is O=CCN1C(=O)COc2cc(F)c([N+](=O)[O-])cc21. The van der Waals surface area contributed by atoms with Gasteiger partial charge < -0.3 is 9.53 Å². The van der Waals surface area contributed by atoms with E-state index < -0.39 is 22.3 Å². The third-order valence-electron chi connectivity index (χ3n) is 2.43. The van der Waals surface area contributed by atoms with Crippen LogP contribution in [0.5, 0.6) is 5.75 Å². The Morgan fingerprint density at radius 1 is 1.56 bits per heavy atom. The maximum absolute atomic E-state index is 13.3. The van der Waals surface area contributed by atoms with Crippen molar-refractivity contribution in [2.24, 2.45) is 0 Å². The lowest BCUT2D eigenvalue weighted by atomic mass is 10.2. The molecule has 0 aliphatic carbocycles. The second kappa shape index (κ2) is 4.40. The molecule has 0 N–H and O–H groups in total. The monoisotopic (exact) mass is 254 g/mol. The normalized spacial score (nSPS) is 13.8. The lowest BCUT2D eigenvalue weighted by Crippen LogP contribution is -2.40. The first-order chi connectivity index (χ1) is 8.54. The van der Waals surface area contributed by atoms with E-state index in [2.05, 4.69) is 0 Å².